The predicted octanol–water partition coefficient (Wildman–Crippen LogP) is 3.71. The Kier molecular flexibility index (Phi) is 5.01. The van der Waals surface area contributed by atoms with E-state index in [0.717, 1.165) is 23.1 Å². The van der Waals surface area contributed by atoms with Crippen molar-refractivity contribution in [3.63, 3.8) is 0 Å². The van der Waals surface area contributed by atoms with Crippen molar-refractivity contribution in [2.75, 3.05) is 13.1 Å². The number of hydrogen-bond donors (Lipinski definition) is 0. The van der Waals surface area contributed by atoms with Crippen molar-refractivity contribution in [1.29, 1.82) is 0 Å². The summed E-state index contributed by atoms with van der Waals surface area (Å²) in [6.45, 7) is 3.01. The number of alkyl halides is 3. The third-order valence-electron chi connectivity index (χ3n) is 5.09. The third-order valence-corrected chi connectivity index (χ3v) is 5.09. The molecule has 1 aliphatic rings. The van der Waals surface area contributed by atoms with E-state index in [1.807, 2.05) is 13.0 Å². The van der Waals surface area contributed by atoms with Gasteiger partial charge in [0.05, 0.1) is 5.69 Å². The molecule has 154 valence electrons. The molecule has 1 fully saturated rings. The Morgan fingerprint density at radius 3 is 2.69 bits per heavy atom. The lowest BCUT2D eigenvalue weighted by Gasteiger charge is -2.31. The molecule has 3 aromatic heterocycles. The van der Waals surface area contributed by atoms with Crippen LogP contribution in [0.4, 0.5) is 13.2 Å². The summed E-state index contributed by atoms with van der Waals surface area (Å²) in [6.07, 6.45) is -0.255. The summed E-state index contributed by atoms with van der Waals surface area (Å²) in [7, 11) is 0. The second kappa shape index (κ2) is 7.49. The molecular formula is C19H20F3N5O2. The molecule has 0 spiro atoms. The maximum Gasteiger partial charge on any atom is 0.453 e. The molecule has 0 unspecified atom stereocenters. The number of aryl methyl sites for hydroxylation is 1. The third kappa shape index (κ3) is 3.83. The van der Waals surface area contributed by atoms with Crippen LogP contribution in [0.5, 0.6) is 0 Å². The number of carbonyl (C=O) groups is 1. The van der Waals surface area contributed by atoms with Gasteiger partial charge in [-0.3, -0.25) is 4.79 Å². The van der Waals surface area contributed by atoms with Crippen LogP contribution in [0.1, 0.15) is 59.9 Å². The van der Waals surface area contributed by atoms with Gasteiger partial charge in [0.25, 0.3) is 17.5 Å². The van der Waals surface area contributed by atoms with Crippen LogP contribution in [0.2, 0.25) is 0 Å². The van der Waals surface area contributed by atoms with E-state index in [0.29, 0.717) is 37.4 Å². The van der Waals surface area contributed by atoms with Crippen LogP contribution < -0.4 is 0 Å². The summed E-state index contributed by atoms with van der Waals surface area (Å²) in [5, 5.41) is 3.60. The molecule has 1 amide bonds. The summed E-state index contributed by atoms with van der Waals surface area (Å²) in [5.41, 5.74) is 0.619. The molecule has 29 heavy (non-hydrogen) atoms. The van der Waals surface area contributed by atoms with Gasteiger partial charge in [-0.25, -0.2) is 9.50 Å². The molecular weight excluding hydrogens is 387 g/mol. The van der Waals surface area contributed by atoms with Crippen molar-refractivity contribution in [3.05, 3.63) is 47.4 Å². The first kappa shape index (κ1) is 19.4. The first-order chi connectivity index (χ1) is 13.9. The molecule has 0 aromatic carbocycles. The molecule has 10 heteroatoms. The average molecular weight is 407 g/mol. The zero-order chi connectivity index (χ0) is 20.6. The highest BCUT2D eigenvalue weighted by Gasteiger charge is 2.37. The summed E-state index contributed by atoms with van der Waals surface area (Å²) >= 11 is 0. The first-order valence-corrected chi connectivity index (χ1v) is 9.53. The van der Waals surface area contributed by atoms with Gasteiger partial charge in [-0.2, -0.15) is 18.2 Å². The van der Waals surface area contributed by atoms with Crippen LogP contribution in [0, 0.1) is 0 Å². The molecule has 0 bridgehead atoms. The Hall–Kier alpha value is -2.91. The Morgan fingerprint density at radius 1 is 1.24 bits per heavy atom. The molecule has 0 atom stereocenters. The van der Waals surface area contributed by atoms with E-state index < -0.39 is 12.0 Å². The summed E-state index contributed by atoms with van der Waals surface area (Å²) in [5.74, 6) is -0.371. The van der Waals surface area contributed by atoms with Crippen LogP contribution in [0.3, 0.4) is 0 Å². The highest BCUT2D eigenvalue weighted by atomic mass is 19.4. The SMILES string of the molecule is CCCc1ccc(C(=O)N2CCC(c3ccnc4nc(C(F)(F)F)nn34)CC2)o1. The zero-order valence-electron chi connectivity index (χ0n) is 15.8. The van der Waals surface area contributed by atoms with Gasteiger partial charge in [0, 0.05) is 31.6 Å². The zero-order valence-corrected chi connectivity index (χ0v) is 15.8. The molecule has 4 heterocycles. The number of hydrogen-bond acceptors (Lipinski definition) is 5. The Balaban J connectivity index is 1.48. The average Bonchev–Trinajstić information content (AvgIpc) is 3.34. The van der Waals surface area contributed by atoms with Gasteiger partial charge in [0.2, 0.25) is 0 Å². The number of nitrogens with zero attached hydrogens (tertiary/aromatic N) is 5. The van der Waals surface area contributed by atoms with E-state index in [1.165, 1.54) is 6.20 Å². The fourth-order valence-corrected chi connectivity index (χ4v) is 3.65. The van der Waals surface area contributed by atoms with Crippen LogP contribution in [-0.2, 0) is 12.6 Å². The largest absolute Gasteiger partial charge is 0.456 e. The fraction of sp³-hybridized carbons (Fsp3) is 0.474. The highest BCUT2D eigenvalue weighted by molar-refractivity contribution is 5.91. The minimum atomic E-state index is -4.62. The molecule has 1 saturated heterocycles. The van der Waals surface area contributed by atoms with Crippen molar-refractivity contribution in [3.8, 4) is 0 Å². The lowest BCUT2D eigenvalue weighted by Crippen LogP contribution is -2.38. The summed E-state index contributed by atoms with van der Waals surface area (Å²) < 4.78 is 45.6. The lowest BCUT2D eigenvalue weighted by atomic mass is 9.93. The van der Waals surface area contributed by atoms with Gasteiger partial charge in [-0.05, 0) is 37.5 Å². The Bertz CT molecular complexity index is 1020. The maximum absolute atomic E-state index is 12.9. The minimum Gasteiger partial charge on any atom is -0.456 e. The smallest absolute Gasteiger partial charge is 0.453 e. The fourth-order valence-electron chi connectivity index (χ4n) is 3.65. The molecule has 0 saturated carbocycles. The molecule has 0 aliphatic carbocycles. The Morgan fingerprint density at radius 2 is 2.00 bits per heavy atom. The standard InChI is InChI=1S/C19H20F3N5O2/c1-2-3-13-4-5-15(29-13)16(28)26-10-7-12(8-11-26)14-6-9-23-18-24-17(19(20,21)22)25-27(14)18/h4-6,9,12H,2-3,7-8,10-11H2,1H3. The van der Waals surface area contributed by atoms with Crippen molar-refractivity contribution in [2.24, 2.45) is 0 Å². The number of rotatable bonds is 4. The first-order valence-electron chi connectivity index (χ1n) is 9.53. The van der Waals surface area contributed by atoms with Crippen LogP contribution in [-0.4, -0.2) is 43.5 Å². The van der Waals surface area contributed by atoms with E-state index in [9.17, 15) is 18.0 Å². The van der Waals surface area contributed by atoms with Gasteiger partial charge >= 0.3 is 6.18 Å². The van der Waals surface area contributed by atoms with Gasteiger partial charge in [0.15, 0.2) is 5.76 Å². The van der Waals surface area contributed by atoms with Gasteiger partial charge in [0.1, 0.15) is 5.76 Å². The van der Waals surface area contributed by atoms with E-state index in [-0.39, 0.29) is 17.6 Å². The molecule has 3 aromatic rings. The minimum absolute atomic E-state index is 0.0420. The second-order valence-electron chi connectivity index (χ2n) is 7.10. The van der Waals surface area contributed by atoms with E-state index in [1.54, 1.807) is 17.0 Å². The van der Waals surface area contributed by atoms with Crippen LogP contribution in [0.15, 0.2) is 28.8 Å². The molecule has 0 radical (unpaired) electrons. The number of halogens is 3. The number of carbonyl (C=O) groups excluding carboxylic acids is 1. The number of furan rings is 1. The maximum atomic E-state index is 12.9. The van der Waals surface area contributed by atoms with Crippen LogP contribution in [0.25, 0.3) is 5.78 Å². The normalized spacial score (nSPS) is 15.9. The van der Waals surface area contributed by atoms with E-state index in [2.05, 4.69) is 15.1 Å². The van der Waals surface area contributed by atoms with Crippen molar-refractivity contribution in [2.45, 2.75) is 44.7 Å². The number of piperidine rings is 1. The van der Waals surface area contributed by atoms with E-state index in [4.69, 9.17) is 4.42 Å². The van der Waals surface area contributed by atoms with Crippen LogP contribution >= 0.6 is 0 Å². The highest BCUT2D eigenvalue weighted by Crippen LogP contribution is 2.31. The number of fused-ring (bicyclic) bond motifs is 1. The number of likely N-dealkylation sites (tertiary alicyclic amines) is 1. The van der Waals surface area contributed by atoms with Crippen molar-refractivity contribution >= 4 is 11.7 Å². The van der Waals surface area contributed by atoms with Gasteiger partial charge in [-0.15, -0.1) is 5.10 Å². The molecule has 0 N–H and O–H groups in total. The molecule has 4 rings (SSSR count). The number of amides is 1. The monoisotopic (exact) mass is 407 g/mol. The second-order valence-corrected chi connectivity index (χ2v) is 7.10. The topological polar surface area (TPSA) is 76.5 Å². The quantitative estimate of drug-likeness (QED) is 0.659. The molecule has 7 nitrogen and oxygen atoms in total. The summed E-state index contributed by atoms with van der Waals surface area (Å²) in [6, 6.07) is 5.17. The number of aromatic nitrogens is 4. The van der Waals surface area contributed by atoms with Crippen molar-refractivity contribution in [1.82, 2.24) is 24.5 Å². The van der Waals surface area contributed by atoms with Crippen molar-refractivity contribution < 1.29 is 22.4 Å². The Labute approximate surface area is 164 Å². The predicted molar refractivity (Wildman–Crippen MR) is 96.4 cm³/mol. The van der Waals surface area contributed by atoms with E-state index >= 15 is 0 Å². The van der Waals surface area contributed by atoms with Gasteiger partial charge < -0.3 is 9.32 Å². The lowest BCUT2D eigenvalue weighted by molar-refractivity contribution is -0.144. The molecule has 1 aliphatic heterocycles. The van der Waals surface area contributed by atoms with Gasteiger partial charge in [-0.1, -0.05) is 6.92 Å². The summed E-state index contributed by atoms with van der Waals surface area (Å²) in [4.78, 5) is 21.7.